The summed E-state index contributed by atoms with van der Waals surface area (Å²) in [6, 6.07) is 0. The smallest absolute Gasteiger partial charge is 0.408 e. The van der Waals surface area contributed by atoms with Crippen molar-refractivity contribution in [3.8, 4) is 0 Å². The molecule has 5 nitrogen and oxygen atoms in total. The summed E-state index contributed by atoms with van der Waals surface area (Å²) in [6.45, 7) is 5.21. The fourth-order valence-electron chi connectivity index (χ4n) is 3.00. The van der Waals surface area contributed by atoms with E-state index in [1.165, 1.54) is 19.3 Å². The Morgan fingerprint density at radius 3 is 2.47 bits per heavy atom. The van der Waals surface area contributed by atoms with Crippen LogP contribution in [0.5, 0.6) is 0 Å². The number of amides is 1. The van der Waals surface area contributed by atoms with Crippen LogP contribution in [-0.4, -0.2) is 30.3 Å². The molecule has 2 aliphatic rings. The highest BCUT2D eigenvalue weighted by Gasteiger charge is 2.41. The molecule has 0 aromatic rings. The van der Waals surface area contributed by atoms with Crippen LogP contribution in [0.15, 0.2) is 0 Å². The lowest BCUT2D eigenvalue weighted by molar-refractivity contribution is -0.150. The van der Waals surface area contributed by atoms with Crippen molar-refractivity contribution in [1.82, 2.24) is 5.32 Å². The molecule has 2 saturated carbocycles. The summed E-state index contributed by atoms with van der Waals surface area (Å²) in [7, 11) is 0. The molecule has 0 spiro atoms. The van der Waals surface area contributed by atoms with E-state index in [9.17, 15) is 9.59 Å². The van der Waals surface area contributed by atoms with Crippen LogP contribution < -0.4 is 5.32 Å². The van der Waals surface area contributed by atoms with Crippen molar-refractivity contribution in [3.63, 3.8) is 0 Å². The van der Waals surface area contributed by atoms with E-state index in [0.29, 0.717) is 5.92 Å². The van der Waals surface area contributed by atoms with Gasteiger partial charge in [-0.15, -0.1) is 0 Å². The van der Waals surface area contributed by atoms with Gasteiger partial charge in [0.25, 0.3) is 0 Å². The van der Waals surface area contributed by atoms with Gasteiger partial charge in [-0.3, -0.25) is 4.79 Å². The first kappa shape index (κ1) is 14.2. The monoisotopic (exact) mass is 269 g/mol. The quantitative estimate of drug-likeness (QED) is 0.798. The number of ether oxygens (including phenoxy) is 2. The molecule has 0 aromatic heterocycles. The first-order valence-electron chi connectivity index (χ1n) is 7.00. The van der Waals surface area contributed by atoms with Crippen molar-refractivity contribution < 1.29 is 19.1 Å². The van der Waals surface area contributed by atoms with Crippen LogP contribution in [0.3, 0.4) is 0 Å². The molecule has 108 valence electrons. The molecular formula is C14H23NO4. The molecule has 2 bridgehead atoms. The summed E-state index contributed by atoms with van der Waals surface area (Å²) < 4.78 is 10.5. The molecule has 3 unspecified atom stereocenters. The molecular weight excluding hydrogens is 246 g/mol. The van der Waals surface area contributed by atoms with E-state index in [0.717, 1.165) is 12.3 Å². The molecule has 0 saturated heterocycles. The lowest BCUT2D eigenvalue weighted by atomic mass is 9.98. The lowest BCUT2D eigenvalue weighted by Crippen LogP contribution is -2.37. The molecule has 0 heterocycles. The largest absolute Gasteiger partial charge is 0.461 e. The van der Waals surface area contributed by atoms with Crippen molar-refractivity contribution in [1.29, 1.82) is 0 Å². The first-order valence-corrected chi connectivity index (χ1v) is 7.00. The van der Waals surface area contributed by atoms with Crippen molar-refractivity contribution in [2.24, 2.45) is 11.8 Å². The van der Waals surface area contributed by atoms with Gasteiger partial charge in [-0.2, -0.15) is 0 Å². The Labute approximate surface area is 114 Å². The lowest BCUT2D eigenvalue weighted by Gasteiger charge is -2.22. The van der Waals surface area contributed by atoms with Gasteiger partial charge >= 0.3 is 12.1 Å². The average molecular weight is 269 g/mol. The Morgan fingerprint density at radius 1 is 1.21 bits per heavy atom. The van der Waals surface area contributed by atoms with Gasteiger partial charge in [-0.1, -0.05) is 0 Å². The third-order valence-electron chi connectivity index (χ3n) is 3.73. The maximum absolute atomic E-state index is 11.7. The highest BCUT2D eigenvalue weighted by Crippen LogP contribution is 2.45. The zero-order valence-corrected chi connectivity index (χ0v) is 11.9. The van der Waals surface area contributed by atoms with Crippen molar-refractivity contribution in [3.05, 3.63) is 0 Å². The molecule has 0 radical (unpaired) electrons. The molecule has 1 amide bonds. The zero-order chi connectivity index (χ0) is 14.0. The second kappa shape index (κ2) is 5.39. The third-order valence-corrected chi connectivity index (χ3v) is 3.73. The number of esters is 1. The topological polar surface area (TPSA) is 64.6 Å². The van der Waals surface area contributed by atoms with Crippen LogP contribution in [-0.2, 0) is 14.3 Å². The van der Waals surface area contributed by atoms with Gasteiger partial charge in [0, 0.05) is 0 Å². The Kier molecular flexibility index (Phi) is 4.02. The van der Waals surface area contributed by atoms with Crippen LogP contribution in [0.25, 0.3) is 0 Å². The number of fused-ring (bicyclic) bond motifs is 2. The van der Waals surface area contributed by atoms with E-state index >= 15 is 0 Å². The fraction of sp³-hybridized carbons (Fsp3) is 0.857. The standard InChI is InChI=1S/C14H23NO4/c1-14(2,3)19-13(17)15-8-12(16)18-11-7-9-4-5-10(11)6-9/h9-11H,4-8H2,1-3H3,(H,15,17). The maximum Gasteiger partial charge on any atom is 0.408 e. The Bertz CT molecular complexity index is 361. The Morgan fingerprint density at radius 2 is 1.95 bits per heavy atom. The van der Waals surface area contributed by atoms with Crippen LogP contribution >= 0.6 is 0 Å². The minimum Gasteiger partial charge on any atom is -0.461 e. The first-order chi connectivity index (χ1) is 8.83. The van der Waals surface area contributed by atoms with Crippen molar-refractivity contribution in [2.45, 2.75) is 58.2 Å². The Hall–Kier alpha value is -1.26. The summed E-state index contributed by atoms with van der Waals surface area (Å²) in [5.41, 5.74) is -0.557. The minimum absolute atomic E-state index is 0.0617. The molecule has 1 N–H and O–H groups in total. The summed E-state index contributed by atoms with van der Waals surface area (Å²) in [4.78, 5) is 23.0. The van der Waals surface area contributed by atoms with Gasteiger partial charge < -0.3 is 14.8 Å². The fourth-order valence-corrected chi connectivity index (χ4v) is 3.00. The maximum atomic E-state index is 11.7. The van der Waals surface area contributed by atoms with Gasteiger partial charge in [0.1, 0.15) is 18.2 Å². The van der Waals surface area contributed by atoms with E-state index in [1.807, 2.05) is 0 Å². The predicted octanol–water partition coefficient (Wildman–Crippen LogP) is 2.24. The van der Waals surface area contributed by atoms with Gasteiger partial charge in [0.05, 0.1) is 0 Å². The number of rotatable bonds is 3. The van der Waals surface area contributed by atoms with Gasteiger partial charge in [0.15, 0.2) is 0 Å². The molecule has 3 atom stereocenters. The number of carbonyl (C=O) groups is 2. The number of alkyl carbamates (subject to hydrolysis) is 1. The van der Waals surface area contributed by atoms with E-state index in [2.05, 4.69) is 5.32 Å². The molecule has 0 aliphatic heterocycles. The van der Waals surface area contributed by atoms with Gasteiger partial charge in [-0.25, -0.2) is 4.79 Å². The van der Waals surface area contributed by atoms with E-state index in [4.69, 9.17) is 9.47 Å². The molecule has 0 aromatic carbocycles. The number of hydrogen-bond donors (Lipinski definition) is 1. The van der Waals surface area contributed by atoms with E-state index in [-0.39, 0.29) is 18.6 Å². The highest BCUT2D eigenvalue weighted by atomic mass is 16.6. The average Bonchev–Trinajstić information content (AvgIpc) is 2.85. The minimum atomic E-state index is -0.586. The third kappa shape index (κ3) is 4.11. The van der Waals surface area contributed by atoms with Gasteiger partial charge in [-0.05, 0) is 58.3 Å². The van der Waals surface area contributed by atoms with Crippen LogP contribution in [0.2, 0.25) is 0 Å². The number of hydrogen-bond acceptors (Lipinski definition) is 4. The van der Waals surface area contributed by atoms with Crippen LogP contribution in [0.4, 0.5) is 4.79 Å². The van der Waals surface area contributed by atoms with Crippen molar-refractivity contribution in [2.75, 3.05) is 6.54 Å². The second-order valence-corrected chi connectivity index (χ2v) is 6.56. The molecule has 2 fully saturated rings. The molecule has 2 aliphatic carbocycles. The van der Waals surface area contributed by atoms with Crippen LogP contribution in [0.1, 0.15) is 46.5 Å². The van der Waals surface area contributed by atoms with Crippen molar-refractivity contribution >= 4 is 12.1 Å². The predicted molar refractivity (Wildman–Crippen MR) is 69.6 cm³/mol. The summed E-state index contributed by atoms with van der Waals surface area (Å²) in [5, 5.41) is 2.42. The van der Waals surface area contributed by atoms with E-state index < -0.39 is 11.7 Å². The summed E-state index contributed by atoms with van der Waals surface area (Å²) in [6.07, 6.45) is 4.10. The number of carbonyl (C=O) groups excluding carboxylic acids is 2. The zero-order valence-electron chi connectivity index (χ0n) is 11.9. The molecule has 19 heavy (non-hydrogen) atoms. The highest BCUT2D eigenvalue weighted by molar-refractivity contribution is 5.78. The Balaban J connectivity index is 1.66. The van der Waals surface area contributed by atoms with Gasteiger partial charge in [0.2, 0.25) is 0 Å². The van der Waals surface area contributed by atoms with Crippen LogP contribution in [0, 0.1) is 11.8 Å². The molecule has 5 heteroatoms. The molecule has 2 rings (SSSR count). The number of nitrogens with one attached hydrogen (secondary N) is 1. The van der Waals surface area contributed by atoms with E-state index in [1.54, 1.807) is 20.8 Å². The second-order valence-electron chi connectivity index (χ2n) is 6.56. The summed E-state index contributed by atoms with van der Waals surface area (Å²) in [5.74, 6) is 0.903. The normalized spacial score (nSPS) is 29.1. The summed E-state index contributed by atoms with van der Waals surface area (Å²) >= 11 is 0. The SMILES string of the molecule is CC(C)(C)OC(=O)NCC(=O)OC1CC2CCC1C2.